The molecule has 0 radical (unpaired) electrons. The van der Waals surface area contributed by atoms with Gasteiger partial charge in [0.2, 0.25) is 11.8 Å². The standard InChI is InChI=1S/C70H90F2N10O6/c1-43-35-81(41-61(83)59-31-69(5,6)65-57(59)29-51(67(87)75-65)25-47-13-17-53(71)18-14-47)55(33-73-43)39-77-21-23-79(37-45(77)3)63(85)27-49-9-11-50(12-10-49)28-64(86)80-24-22-78(46(4)38-80)40-56-34-74-44(2)36-82(56)42-62(84)60-32-70(7,8)66-58(60)30-52(68(88)76-66)26-48-15-19-54(72)20-16-48/h9-20,29-30,43-46,55-56,59-60,73-74H,21-28,31-42H2,1-8H3,(H,75,87)(H,76,88)/t43-,44-,45-,46-,55-,56-,59?,60?/m1/s1. The number of aromatic amines is 2. The molecule has 2 aromatic heterocycles. The van der Waals surface area contributed by atoms with Gasteiger partial charge in [-0.3, -0.25) is 48.4 Å². The van der Waals surface area contributed by atoms with Crippen molar-refractivity contribution in [2.45, 2.75) is 153 Å². The van der Waals surface area contributed by atoms with Gasteiger partial charge in [-0.05, 0) is 110 Å². The lowest BCUT2D eigenvalue weighted by Gasteiger charge is -2.45. The number of aromatic nitrogens is 2. The number of nitrogens with one attached hydrogen (secondary N) is 4. The van der Waals surface area contributed by atoms with E-state index in [0.717, 1.165) is 97.1 Å². The number of nitrogens with zero attached hydrogens (tertiary/aromatic N) is 6. The first kappa shape index (κ1) is 63.0. The van der Waals surface area contributed by atoms with Gasteiger partial charge in [-0.15, -0.1) is 0 Å². The monoisotopic (exact) mass is 1200 g/mol. The summed E-state index contributed by atoms with van der Waals surface area (Å²) in [5.41, 5.74) is 6.94. The minimum absolute atomic E-state index is 0.0782. The molecule has 4 aliphatic heterocycles. The highest BCUT2D eigenvalue weighted by molar-refractivity contribution is 5.90. The van der Waals surface area contributed by atoms with Crippen molar-refractivity contribution in [2.24, 2.45) is 0 Å². The van der Waals surface area contributed by atoms with Gasteiger partial charge in [-0.25, -0.2) is 8.78 Å². The molecular weight excluding hydrogens is 1110 g/mol. The van der Waals surface area contributed by atoms with Gasteiger partial charge >= 0.3 is 0 Å². The fourth-order valence-corrected chi connectivity index (χ4v) is 15.1. The summed E-state index contributed by atoms with van der Waals surface area (Å²) in [5, 5.41) is 7.30. The molecule has 4 N–H and O–H groups in total. The highest BCUT2D eigenvalue weighted by Crippen LogP contribution is 2.46. The number of pyridine rings is 2. The lowest BCUT2D eigenvalue weighted by Crippen LogP contribution is -2.63. The number of halogens is 2. The third kappa shape index (κ3) is 14.2. The van der Waals surface area contributed by atoms with E-state index in [1.54, 1.807) is 24.3 Å². The van der Waals surface area contributed by atoms with Crippen molar-refractivity contribution in [3.8, 4) is 0 Å². The Kier molecular flexibility index (Phi) is 18.7. The first-order chi connectivity index (χ1) is 41.9. The number of benzene rings is 3. The predicted octanol–water partition coefficient (Wildman–Crippen LogP) is 6.07. The molecule has 5 aromatic rings. The first-order valence-corrected chi connectivity index (χ1v) is 32.1. The van der Waals surface area contributed by atoms with Crippen LogP contribution in [-0.2, 0) is 55.7 Å². The molecule has 0 bridgehead atoms. The minimum atomic E-state index is -0.376. The molecule has 470 valence electrons. The highest BCUT2D eigenvalue weighted by Gasteiger charge is 2.45. The fraction of sp³-hybridized carbons (Fsp3) is 0.543. The van der Waals surface area contributed by atoms with Crippen LogP contribution in [-0.4, -0.2) is 191 Å². The molecule has 0 spiro atoms. The zero-order valence-electron chi connectivity index (χ0n) is 52.7. The Balaban J connectivity index is 0.635. The number of Topliss-reactive ketones (excluding diaryl/α,β-unsaturated/α-hetero) is 2. The number of ketones is 2. The van der Waals surface area contributed by atoms with Crippen LogP contribution < -0.4 is 21.8 Å². The maximum Gasteiger partial charge on any atom is 0.251 e. The van der Waals surface area contributed by atoms with Gasteiger partial charge in [0.1, 0.15) is 11.6 Å². The van der Waals surface area contributed by atoms with Gasteiger partial charge in [0, 0.05) is 173 Å². The highest BCUT2D eigenvalue weighted by atomic mass is 19.1. The van der Waals surface area contributed by atoms with E-state index < -0.39 is 0 Å². The van der Waals surface area contributed by atoms with E-state index in [2.05, 4.69) is 95.6 Å². The fourth-order valence-electron chi connectivity index (χ4n) is 15.1. The molecule has 8 atom stereocenters. The number of hydrogen-bond donors (Lipinski definition) is 4. The molecule has 2 aliphatic carbocycles. The third-order valence-corrected chi connectivity index (χ3v) is 20.3. The number of hydrogen-bond acceptors (Lipinski definition) is 12. The van der Waals surface area contributed by atoms with Gasteiger partial charge in [0.05, 0.1) is 25.9 Å². The number of carbonyl (C=O) groups is 4. The van der Waals surface area contributed by atoms with Gasteiger partial charge < -0.3 is 30.4 Å². The molecule has 2 unspecified atom stereocenters. The molecule has 88 heavy (non-hydrogen) atoms. The first-order valence-electron chi connectivity index (χ1n) is 32.1. The topological polar surface area (TPSA) is 177 Å². The lowest BCUT2D eigenvalue weighted by atomic mass is 9.87. The summed E-state index contributed by atoms with van der Waals surface area (Å²) in [6.45, 7) is 26.0. The van der Waals surface area contributed by atoms with Gasteiger partial charge in [0.15, 0.2) is 11.6 Å². The number of piperazine rings is 4. The SMILES string of the molecule is C[C@@H]1CN(CC(=O)C2CC(C)(C)c3[nH]c(=O)c(Cc4ccc(F)cc4)cc32)[C@@H](CN2CCN(C(=O)Cc3ccc(CC(=O)N4CCN(C[C@H]5CN[C@H](C)CN5CC(=O)C5CC(C)(C)c6[nH]c(=O)c(Cc7ccc(F)cc7)cc65)[C@H](C)C4)cc3)C[C@H]2C)CN1. The predicted molar refractivity (Wildman–Crippen MR) is 338 cm³/mol. The van der Waals surface area contributed by atoms with E-state index in [1.807, 2.05) is 46.2 Å². The zero-order chi connectivity index (χ0) is 62.3. The van der Waals surface area contributed by atoms with Crippen molar-refractivity contribution in [3.63, 3.8) is 0 Å². The summed E-state index contributed by atoms with van der Waals surface area (Å²) < 4.78 is 27.4. The van der Waals surface area contributed by atoms with Crippen molar-refractivity contribution in [2.75, 3.05) is 91.6 Å². The number of H-pyrrole nitrogens is 2. The van der Waals surface area contributed by atoms with Crippen LogP contribution in [0.3, 0.4) is 0 Å². The Bertz CT molecular complexity index is 3270. The molecular formula is C70H90F2N10O6. The normalized spacial score (nSPS) is 25.8. The van der Waals surface area contributed by atoms with Crippen molar-refractivity contribution >= 4 is 23.4 Å². The largest absolute Gasteiger partial charge is 0.340 e. The summed E-state index contributed by atoms with van der Waals surface area (Å²) in [7, 11) is 0. The van der Waals surface area contributed by atoms with Gasteiger partial charge in [-0.1, -0.05) is 76.2 Å². The van der Waals surface area contributed by atoms with E-state index in [1.165, 1.54) is 24.3 Å². The van der Waals surface area contributed by atoms with Crippen molar-refractivity contribution < 1.29 is 28.0 Å². The van der Waals surface area contributed by atoms with E-state index in [0.29, 0.717) is 76.1 Å². The Hall–Kier alpha value is -6.54. The zero-order valence-corrected chi connectivity index (χ0v) is 52.7. The smallest absolute Gasteiger partial charge is 0.251 e. The Morgan fingerprint density at radius 2 is 0.864 bits per heavy atom. The second-order valence-corrected chi connectivity index (χ2v) is 28.1. The van der Waals surface area contributed by atoms with Crippen molar-refractivity contribution in [3.05, 3.63) is 173 Å². The van der Waals surface area contributed by atoms with E-state index >= 15 is 0 Å². The summed E-state index contributed by atoms with van der Waals surface area (Å²) in [4.78, 5) is 103. The van der Waals surface area contributed by atoms with Crippen molar-refractivity contribution in [1.82, 2.24) is 50.0 Å². The Labute approximate surface area is 516 Å². The number of fused-ring (bicyclic) bond motifs is 2. The van der Waals surface area contributed by atoms with Crippen LogP contribution in [0, 0.1) is 11.6 Å². The molecule has 11 rings (SSSR count). The summed E-state index contributed by atoms with van der Waals surface area (Å²) in [6.07, 6.45) is 2.48. The molecule has 6 aliphatic rings. The maximum atomic E-state index is 14.5. The second-order valence-electron chi connectivity index (χ2n) is 28.1. The van der Waals surface area contributed by atoms with Crippen LogP contribution in [0.5, 0.6) is 0 Å². The van der Waals surface area contributed by atoms with E-state index in [9.17, 15) is 37.5 Å². The summed E-state index contributed by atoms with van der Waals surface area (Å²) in [6, 6.07) is 24.9. The van der Waals surface area contributed by atoms with Crippen LogP contribution >= 0.6 is 0 Å². The van der Waals surface area contributed by atoms with Gasteiger partial charge in [0.25, 0.3) is 11.1 Å². The second kappa shape index (κ2) is 26.1. The molecule has 4 saturated heterocycles. The molecule has 0 saturated carbocycles. The van der Waals surface area contributed by atoms with Crippen molar-refractivity contribution in [1.29, 1.82) is 0 Å². The third-order valence-electron chi connectivity index (χ3n) is 20.3. The van der Waals surface area contributed by atoms with Crippen LogP contribution in [0.1, 0.15) is 136 Å². The summed E-state index contributed by atoms with van der Waals surface area (Å²) >= 11 is 0. The Morgan fingerprint density at radius 3 is 1.23 bits per heavy atom. The molecule has 16 nitrogen and oxygen atoms in total. The molecule has 18 heteroatoms. The minimum Gasteiger partial charge on any atom is -0.340 e. The van der Waals surface area contributed by atoms with Crippen LogP contribution in [0.15, 0.2) is 94.5 Å². The van der Waals surface area contributed by atoms with Crippen LogP contribution in [0.25, 0.3) is 0 Å². The Morgan fingerprint density at radius 1 is 0.500 bits per heavy atom. The van der Waals surface area contributed by atoms with Crippen LogP contribution in [0.2, 0.25) is 0 Å². The van der Waals surface area contributed by atoms with Crippen LogP contribution in [0.4, 0.5) is 8.78 Å². The quantitative estimate of drug-likeness (QED) is 0.0799. The average Bonchev–Trinajstić information content (AvgIpc) is 1.99. The average molecular weight is 1210 g/mol. The summed E-state index contributed by atoms with van der Waals surface area (Å²) in [5.74, 6) is -0.908. The van der Waals surface area contributed by atoms with E-state index in [4.69, 9.17) is 0 Å². The lowest BCUT2D eigenvalue weighted by molar-refractivity contribution is -0.134. The number of carbonyl (C=O) groups excluding carboxylic acids is 4. The maximum absolute atomic E-state index is 14.5. The molecule has 6 heterocycles. The molecule has 2 amide bonds. The molecule has 4 fully saturated rings. The van der Waals surface area contributed by atoms with E-state index in [-0.39, 0.29) is 118 Å². The molecule has 3 aromatic carbocycles. The van der Waals surface area contributed by atoms with Gasteiger partial charge in [-0.2, -0.15) is 0 Å². The number of amides is 2. The number of rotatable bonds is 18.